The van der Waals surface area contributed by atoms with Crippen LogP contribution in [0.3, 0.4) is 0 Å². The minimum absolute atomic E-state index is 0.176. The maximum Gasteiger partial charge on any atom is 0.328 e. The molecule has 5 nitrogen and oxygen atoms in total. The highest BCUT2D eigenvalue weighted by Gasteiger charge is 2.23. The van der Waals surface area contributed by atoms with Gasteiger partial charge in [0.05, 0.1) is 7.11 Å². The molecule has 6 heteroatoms. The molecule has 1 heterocycles. The molecule has 1 amide bonds. The number of halogens is 1. The van der Waals surface area contributed by atoms with Crippen molar-refractivity contribution in [2.45, 2.75) is 25.3 Å². The zero-order valence-corrected chi connectivity index (χ0v) is 16.6. The third kappa shape index (κ3) is 4.98. The molecule has 0 saturated heterocycles. The Hall–Kier alpha value is -2.60. The van der Waals surface area contributed by atoms with E-state index >= 15 is 0 Å². The van der Waals surface area contributed by atoms with Gasteiger partial charge in [0.2, 0.25) is 5.91 Å². The molecule has 0 aliphatic carbocycles. The fourth-order valence-corrected chi connectivity index (χ4v) is 3.52. The van der Waals surface area contributed by atoms with Crippen molar-refractivity contribution in [2.75, 3.05) is 7.11 Å². The van der Waals surface area contributed by atoms with E-state index in [-0.39, 0.29) is 5.91 Å². The largest absolute Gasteiger partial charge is 0.467 e. The van der Waals surface area contributed by atoms with E-state index in [2.05, 4.69) is 26.2 Å². The zero-order valence-electron chi connectivity index (χ0n) is 15.0. The number of para-hydroxylation sites is 1. The monoisotopic (exact) mass is 428 g/mol. The first-order chi connectivity index (χ1) is 13.1. The van der Waals surface area contributed by atoms with Crippen LogP contribution in [0.25, 0.3) is 10.9 Å². The van der Waals surface area contributed by atoms with E-state index in [0.717, 1.165) is 26.5 Å². The standard InChI is InChI=1S/C21H21BrN2O3/c1-27-21(26)19(12-15-13-23-18-8-3-2-7-17(15)18)24-20(25)10-9-14-5-4-6-16(22)11-14/h2-8,11,13,19,23H,9-10,12H2,1H3,(H,24,25). The second-order valence-electron chi connectivity index (χ2n) is 6.34. The Bertz CT molecular complexity index is 951. The summed E-state index contributed by atoms with van der Waals surface area (Å²) in [6, 6.07) is 15.0. The summed E-state index contributed by atoms with van der Waals surface area (Å²) in [7, 11) is 1.33. The maximum absolute atomic E-state index is 12.4. The van der Waals surface area contributed by atoms with Gasteiger partial charge in [0.25, 0.3) is 0 Å². The van der Waals surface area contributed by atoms with E-state index in [1.807, 2.05) is 54.7 Å². The van der Waals surface area contributed by atoms with Gasteiger partial charge >= 0.3 is 5.97 Å². The van der Waals surface area contributed by atoms with Crippen LogP contribution in [0.2, 0.25) is 0 Å². The summed E-state index contributed by atoms with van der Waals surface area (Å²) in [5, 5.41) is 3.85. The van der Waals surface area contributed by atoms with E-state index in [1.165, 1.54) is 7.11 Å². The fourth-order valence-electron chi connectivity index (χ4n) is 3.07. The van der Waals surface area contributed by atoms with Crippen molar-refractivity contribution in [1.29, 1.82) is 0 Å². The van der Waals surface area contributed by atoms with Gasteiger partial charge in [-0.3, -0.25) is 4.79 Å². The Morgan fingerprint density at radius 3 is 2.78 bits per heavy atom. The quantitative estimate of drug-likeness (QED) is 0.562. The molecule has 140 valence electrons. The number of aromatic amines is 1. The Labute approximate surface area is 166 Å². The molecular weight excluding hydrogens is 408 g/mol. The number of esters is 1. The number of amides is 1. The van der Waals surface area contributed by atoms with Crippen LogP contribution in [0, 0.1) is 0 Å². The third-order valence-corrected chi connectivity index (χ3v) is 4.94. The predicted molar refractivity (Wildman–Crippen MR) is 108 cm³/mol. The van der Waals surface area contributed by atoms with E-state index in [1.54, 1.807) is 0 Å². The molecule has 1 atom stereocenters. The number of hydrogen-bond acceptors (Lipinski definition) is 3. The predicted octanol–water partition coefficient (Wildman–Crippen LogP) is 3.76. The summed E-state index contributed by atoms with van der Waals surface area (Å²) in [5.74, 6) is -0.624. The van der Waals surface area contributed by atoms with Crippen molar-refractivity contribution in [3.8, 4) is 0 Å². The Morgan fingerprint density at radius 2 is 2.00 bits per heavy atom. The molecule has 2 N–H and O–H groups in total. The molecule has 0 aliphatic heterocycles. The lowest BCUT2D eigenvalue weighted by Crippen LogP contribution is -2.43. The van der Waals surface area contributed by atoms with Crippen LogP contribution < -0.4 is 5.32 Å². The lowest BCUT2D eigenvalue weighted by Gasteiger charge is -2.16. The van der Waals surface area contributed by atoms with Crippen LogP contribution >= 0.6 is 15.9 Å². The van der Waals surface area contributed by atoms with Gasteiger partial charge in [-0.05, 0) is 35.7 Å². The average molecular weight is 429 g/mol. The molecule has 0 fully saturated rings. The summed E-state index contributed by atoms with van der Waals surface area (Å²) in [4.78, 5) is 27.7. The van der Waals surface area contributed by atoms with Crippen LogP contribution in [0.15, 0.2) is 59.2 Å². The molecule has 0 radical (unpaired) electrons. The van der Waals surface area contributed by atoms with Gasteiger partial charge in [-0.2, -0.15) is 0 Å². The van der Waals surface area contributed by atoms with Crippen molar-refractivity contribution >= 4 is 38.7 Å². The number of ether oxygens (including phenoxy) is 1. The summed E-state index contributed by atoms with van der Waals surface area (Å²) in [6.45, 7) is 0. The van der Waals surface area contributed by atoms with Crippen molar-refractivity contribution in [3.05, 3.63) is 70.3 Å². The summed E-state index contributed by atoms with van der Waals surface area (Å²) in [5.41, 5.74) is 3.02. The summed E-state index contributed by atoms with van der Waals surface area (Å²) in [6.07, 6.45) is 3.15. The molecule has 27 heavy (non-hydrogen) atoms. The third-order valence-electron chi connectivity index (χ3n) is 4.45. The van der Waals surface area contributed by atoms with E-state index in [9.17, 15) is 9.59 Å². The van der Waals surface area contributed by atoms with Crippen molar-refractivity contribution in [1.82, 2.24) is 10.3 Å². The number of carbonyl (C=O) groups excluding carboxylic acids is 2. The molecule has 1 unspecified atom stereocenters. The highest BCUT2D eigenvalue weighted by Crippen LogP contribution is 2.19. The van der Waals surface area contributed by atoms with E-state index in [4.69, 9.17) is 4.74 Å². The summed E-state index contributed by atoms with van der Waals surface area (Å²) < 4.78 is 5.86. The molecule has 3 aromatic rings. The molecule has 3 rings (SSSR count). The van der Waals surface area contributed by atoms with Crippen LogP contribution in [-0.4, -0.2) is 30.0 Å². The Kier molecular flexibility index (Phi) is 6.29. The van der Waals surface area contributed by atoms with Gasteiger partial charge in [-0.25, -0.2) is 4.79 Å². The van der Waals surface area contributed by atoms with Gasteiger partial charge in [-0.1, -0.05) is 46.3 Å². The number of carbonyl (C=O) groups is 2. The Balaban J connectivity index is 1.66. The lowest BCUT2D eigenvalue weighted by atomic mass is 10.0. The Morgan fingerprint density at radius 1 is 1.19 bits per heavy atom. The minimum Gasteiger partial charge on any atom is -0.467 e. The van der Waals surface area contributed by atoms with Gasteiger partial charge in [0, 0.05) is 34.4 Å². The van der Waals surface area contributed by atoms with Gasteiger partial charge in [-0.15, -0.1) is 0 Å². The zero-order chi connectivity index (χ0) is 19.2. The number of nitrogens with one attached hydrogen (secondary N) is 2. The smallest absolute Gasteiger partial charge is 0.328 e. The number of rotatable bonds is 7. The fraction of sp³-hybridized carbons (Fsp3) is 0.238. The van der Waals surface area contributed by atoms with Crippen LogP contribution in [0.4, 0.5) is 0 Å². The maximum atomic E-state index is 12.4. The minimum atomic E-state index is -0.718. The number of methoxy groups -OCH3 is 1. The number of benzene rings is 2. The highest BCUT2D eigenvalue weighted by molar-refractivity contribution is 9.10. The van der Waals surface area contributed by atoms with Gasteiger partial charge < -0.3 is 15.0 Å². The molecule has 0 aliphatic rings. The molecule has 1 aromatic heterocycles. The van der Waals surface area contributed by atoms with Crippen molar-refractivity contribution < 1.29 is 14.3 Å². The molecule has 0 bridgehead atoms. The number of fused-ring (bicyclic) bond motifs is 1. The first kappa shape index (κ1) is 19.2. The molecule has 2 aromatic carbocycles. The number of aromatic nitrogens is 1. The van der Waals surface area contributed by atoms with Crippen LogP contribution in [0.1, 0.15) is 17.5 Å². The van der Waals surface area contributed by atoms with Crippen LogP contribution in [0.5, 0.6) is 0 Å². The number of hydrogen-bond donors (Lipinski definition) is 2. The number of aryl methyl sites for hydroxylation is 1. The first-order valence-electron chi connectivity index (χ1n) is 8.73. The van der Waals surface area contributed by atoms with Gasteiger partial charge in [0.1, 0.15) is 6.04 Å². The molecule has 0 spiro atoms. The first-order valence-corrected chi connectivity index (χ1v) is 9.52. The second-order valence-corrected chi connectivity index (χ2v) is 7.25. The second kappa shape index (κ2) is 8.86. The topological polar surface area (TPSA) is 71.2 Å². The normalized spacial score (nSPS) is 11.9. The SMILES string of the molecule is COC(=O)C(Cc1c[nH]c2ccccc12)NC(=O)CCc1cccc(Br)c1. The van der Waals surface area contributed by atoms with Gasteiger partial charge in [0.15, 0.2) is 0 Å². The van der Waals surface area contributed by atoms with Crippen molar-refractivity contribution in [2.24, 2.45) is 0 Å². The van der Waals surface area contributed by atoms with E-state index < -0.39 is 12.0 Å². The molecule has 0 saturated carbocycles. The van der Waals surface area contributed by atoms with E-state index in [0.29, 0.717) is 19.3 Å². The molecular formula is C21H21BrN2O3. The summed E-state index contributed by atoms with van der Waals surface area (Å²) >= 11 is 3.43. The van der Waals surface area contributed by atoms with Crippen LogP contribution in [-0.2, 0) is 27.2 Å². The van der Waals surface area contributed by atoms with Crippen molar-refractivity contribution in [3.63, 3.8) is 0 Å². The lowest BCUT2D eigenvalue weighted by molar-refractivity contribution is -0.145. The number of H-pyrrole nitrogens is 1. The average Bonchev–Trinajstić information content (AvgIpc) is 3.08. The highest BCUT2D eigenvalue weighted by atomic mass is 79.9.